The van der Waals surface area contributed by atoms with Gasteiger partial charge in [0.05, 0.1) is 7.11 Å². The number of methoxy groups -OCH3 is 1. The molecule has 1 saturated heterocycles. The number of rotatable bonds is 4. The summed E-state index contributed by atoms with van der Waals surface area (Å²) in [6.45, 7) is 1.77. The van der Waals surface area contributed by atoms with E-state index in [0.717, 1.165) is 44.5 Å². The largest absolute Gasteiger partial charge is 0.497 e. The van der Waals surface area contributed by atoms with E-state index in [9.17, 15) is 4.79 Å². The monoisotopic (exact) mass is 316 g/mol. The Balaban J connectivity index is 1.46. The molecule has 1 unspecified atom stereocenters. The molecule has 0 radical (unpaired) electrons. The number of hydrogen-bond acceptors (Lipinski definition) is 2. The maximum absolute atomic E-state index is 12.4. The van der Waals surface area contributed by atoms with Gasteiger partial charge in [0, 0.05) is 19.1 Å². The fourth-order valence-electron chi connectivity index (χ4n) is 3.79. The topological polar surface area (TPSA) is 41.6 Å². The molecule has 2 fully saturated rings. The first-order valence-corrected chi connectivity index (χ1v) is 8.93. The third-order valence-electron chi connectivity index (χ3n) is 5.19. The van der Waals surface area contributed by atoms with Crippen molar-refractivity contribution in [2.24, 2.45) is 5.92 Å². The lowest BCUT2D eigenvalue weighted by Gasteiger charge is -2.26. The number of likely N-dealkylation sites (tertiary alicyclic amines) is 1. The van der Waals surface area contributed by atoms with E-state index < -0.39 is 0 Å². The molecule has 2 aliphatic rings. The number of urea groups is 1. The zero-order valence-corrected chi connectivity index (χ0v) is 14.1. The molecule has 1 aromatic rings. The molecule has 0 bridgehead atoms. The van der Waals surface area contributed by atoms with Crippen LogP contribution in [-0.2, 0) is 6.42 Å². The average molecular weight is 316 g/mol. The Labute approximate surface area is 139 Å². The molecule has 3 rings (SSSR count). The Morgan fingerprint density at radius 1 is 1.17 bits per heavy atom. The molecule has 1 aromatic carbocycles. The summed E-state index contributed by atoms with van der Waals surface area (Å²) in [5.41, 5.74) is 1.32. The standard InChI is InChI=1S/C19H28N2O2/c1-23-18-9-7-15(8-10-18)13-16-11-12-21(14-16)19(22)20-17-5-3-2-4-6-17/h7-10,16-17H,2-6,11-14H2,1H3,(H,20,22). The van der Waals surface area contributed by atoms with Crippen molar-refractivity contribution in [3.05, 3.63) is 29.8 Å². The minimum Gasteiger partial charge on any atom is -0.497 e. The molecule has 1 saturated carbocycles. The molecule has 2 amide bonds. The second kappa shape index (κ2) is 7.71. The van der Waals surface area contributed by atoms with Crippen molar-refractivity contribution in [2.45, 2.75) is 51.0 Å². The van der Waals surface area contributed by atoms with Crippen LogP contribution in [0.5, 0.6) is 5.75 Å². The van der Waals surface area contributed by atoms with Crippen LogP contribution < -0.4 is 10.1 Å². The van der Waals surface area contributed by atoms with Crippen molar-refractivity contribution in [3.8, 4) is 5.75 Å². The Morgan fingerprint density at radius 3 is 2.61 bits per heavy atom. The van der Waals surface area contributed by atoms with E-state index in [1.807, 2.05) is 17.0 Å². The molecule has 126 valence electrons. The second-order valence-electron chi connectivity index (χ2n) is 6.94. The van der Waals surface area contributed by atoms with Gasteiger partial charge in [-0.15, -0.1) is 0 Å². The molecule has 23 heavy (non-hydrogen) atoms. The summed E-state index contributed by atoms with van der Waals surface area (Å²) >= 11 is 0. The van der Waals surface area contributed by atoms with E-state index in [4.69, 9.17) is 4.74 Å². The van der Waals surface area contributed by atoms with E-state index in [1.165, 1.54) is 24.8 Å². The van der Waals surface area contributed by atoms with Crippen LogP contribution in [0, 0.1) is 5.92 Å². The average Bonchev–Trinajstić information content (AvgIpc) is 3.05. The number of benzene rings is 1. The molecular formula is C19H28N2O2. The summed E-state index contributed by atoms with van der Waals surface area (Å²) in [5.74, 6) is 1.47. The molecule has 1 heterocycles. The Hall–Kier alpha value is -1.71. The summed E-state index contributed by atoms with van der Waals surface area (Å²) in [5, 5.41) is 3.23. The fourth-order valence-corrected chi connectivity index (χ4v) is 3.79. The van der Waals surface area contributed by atoms with Crippen LogP contribution in [0.25, 0.3) is 0 Å². The molecule has 0 spiro atoms. The highest BCUT2D eigenvalue weighted by Crippen LogP contribution is 2.23. The lowest BCUT2D eigenvalue weighted by atomic mass is 9.96. The fraction of sp³-hybridized carbons (Fsp3) is 0.632. The minimum atomic E-state index is 0.147. The predicted molar refractivity (Wildman–Crippen MR) is 91.8 cm³/mol. The first-order chi connectivity index (χ1) is 11.2. The van der Waals surface area contributed by atoms with Gasteiger partial charge in [-0.05, 0) is 49.3 Å². The highest BCUT2D eigenvalue weighted by atomic mass is 16.5. The molecular weight excluding hydrogens is 288 g/mol. The van der Waals surface area contributed by atoms with Crippen LogP contribution >= 0.6 is 0 Å². The van der Waals surface area contributed by atoms with Crippen LogP contribution in [0.2, 0.25) is 0 Å². The maximum Gasteiger partial charge on any atom is 0.317 e. The summed E-state index contributed by atoms with van der Waals surface area (Å²) in [6, 6.07) is 8.83. The van der Waals surface area contributed by atoms with E-state index in [-0.39, 0.29) is 6.03 Å². The molecule has 4 nitrogen and oxygen atoms in total. The molecule has 1 atom stereocenters. The van der Waals surface area contributed by atoms with Gasteiger partial charge >= 0.3 is 6.03 Å². The lowest BCUT2D eigenvalue weighted by molar-refractivity contribution is 0.199. The second-order valence-corrected chi connectivity index (χ2v) is 6.94. The number of amides is 2. The van der Waals surface area contributed by atoms with Crippen molar-refractivity contribution in [3.63, 3.8) is 0 Å². The summed E-state index contributed by atoms with van der Waals surface area (Å²) in [4.78, 5) is 14.4. The molecule has 0 aromatic heterocycles. The van der Waals surface area contributed by atoms with Gasteiger partial charge in [-0.3, -0.25) is 0 Å². The van der Waals surface area contributed by atoms with Crippen LogP contribution in [0.15, 0.2) is 24.3 Å². The van der Waals surface area contributed by atoms with Crippen molar-refractivity contribution in [1.29, 1.82) is 0 Å². The molecule has 1 N–H and O–H groups in total. The minimum absolute atomic E-state index is 0.147. The first kappa shape index (κ1) is 16.2. The smallest absolute Gasteiger partial charge is 0.317 e. The van der Waals surface area contributed by atoms with Crippen LogP contribution in [-0.4, -0.2) is 37.2 Å². The lowest BCUT2D eigenvalue weighted by Crippen LogP contribution is -2.44. The van der Waals surface area contributed by atoms with E-state index in [2.05, 4.69) is 17.4 Å². The van der Waals surface area contributed by atoms with Gasteiger partial charge < -0.3 is 15.0 Å². The normalized spacial score (nSPS) is 22.1. The summed E-state index contributed by atoms with van der Waals surface area (Å²) < 4.78 is 5.20. The molecule has 4 heteroatoms. The van der Waals surface area contributed by atoms with E-state index in [0.29, 0.717) is 12.0 Å². The number of hydrogen-bond donors (Lipinski definition) is 1. The van der Waals surface area contributed by atoms with Crippen molar-refractivity contribution >= 4 is 6.03 Å². The summed E-state index contributed by atoms with van der Waals surface area (Å²) in [7, 11) is 1.69. The van der Waals surface area contributed by atoms with Crippen molar-refractivity contribution in [2.75, 3.05) is 20.2 Å². The van der Waals surface area contributed by atoms with Crippen molar-refractivity contribution in [1.82, 2.24) is 10.2 Å². The third kappa shape index (κ3) is 4.40. The van der Waals surface area contributed by atoms with Gasteiger partial charge in [-0.25, -0.2) is 4.79 Å². The van der Waals surface area contributed by atoms with E-state index in [1.54, 1.807) is 7.11 Å². The SMILES string of the molecule is COc1ccc(CC2CCN(C(=O)NC3CCCCC3)C2)cc1. The number of carbonyl (C=O) groups is 1. The number of carbonyl (C=O) groups excluding carboxylic acids is 1. The van der Waals surface area contributed by atoms with Gasteiger partial charge in [0.25, 0.3) is 0 Å². The van der Waals surface area contributed by atoms with Gasteiger partial charge in [0.2, 0.25) is 0 Å². The van der Waals surface area contributed by atoms with Crippen LogP contribution in [0.1, 0.15) is 44.1 Å². The summed E-state index contributed by atoms with van der Waals surface area (Å²) in [6.07, 6.45) is 8.27. The van der Waals surface area contributed by atoms with E-state index >= 15 is 0 Å². The quantitative estimate of drug-likeness (QED) is 0.922. The third-order valence-corrected chi connectivity index (χ3v) is 5.19. The van der Waals surface area contributed by atoms with Gasteiger partial charge in [0.15, 0.2) is 0 Å². The van der Waals surface area contributed by atoms with Crippen LogP contribution in [0.4, 0.5) is 4.79 Å². The van der Waals surface area contributed by atoms with Crippen molar-refractivity contribution < 1.29 is 9.53 Å². The number of nitrogens with zero attached hydrogens (tertiary/aromatic N) is 1. The Morgan fingerprint density at radius 2 is 1.91 bits per heavy atom. The zero-order valence-electron chi connectivity index (χ0n) is 14.1. The highest BCUT2D eigenvalue weighted by molar-refractivity contribution is 5.74. The molecule has 1 aliphatic heterocycles. The zero-order chi connectivity index (χ0) is 16.1. The Bertz CT molecular complexity index is 509. The maximum atomic E-state index is 12.4. The van der Waals surface area contributed by atoms with Gasteiger partial charge in [0.1, 0.15) is 5.75 Å². The molecule has 1 aliphatic carbocycles. The van der Waals surface area contributed by atoms with Gasteiger partial charge in [-0.2, -0.15) is 0 Å². The first-order valence-electron chi connectivity index (χ1n) is 8.93. The Kier molecular flexibility index (Phi) is 5.42. The predicted octanol–water partition coefficient (Wildman–Crippen LogP) is 3.60. The highest BCUT2D eigenvalue weighted by Gasteiger charge is 2.27. The number of nitrogens with one attached hydrogen (secondary N) is 1. The van der Waals surface area contributed by atoms with Gasteiger partial charge in [-0.1, -0.05) is 31.4 Å². The van der Waals surface area contributed by atoms with Crippen LogP contribution in [0.3, 0.4) is 0 Å². The number of ether oxygens (including phenoxy) is 1.